The van der Waals surface area contributed by atoms with E-state index in [0.717, 1.165) is 16.0 Å². The Hall–Kier alpha value is -2.69. The molecule has 0 radical (unpaired) electrons. The topological polar surface area (TPSA) is 38.7 Å². The van der Waals surface area contributed by atoms with Crippen LogP contribution in [-0.2, 0) is 4.74 Å². The standard InChI is InChI=1S/C24H23NO2S/c1-3-27-17-25-23(22-12-8-7-9-18(22)2)24(26)19-13-15-21(16-14-19)28-20-10-5-4-6-11-20/h4-16H,3,17H2,1-2H3. The Morgan fingerprint density at radius 1 is 0.893 bits per heavy atom. The van der Waals surface area contributed by atoms with Gasteiger partial charge < -0.3 is 4.74 Å². The third-order valence-electron chi connectivity index (χ3n) is 4.23. The normalized spacial score (nSPS) is 11.4. The minimum absolute atomic E-state index is 0.0923. The van der Waals surface area contributed by atoms with Crippen molar-refractivity contribution in [2.45, 2.75) is 23.6 Å². The molecule has 0 N–H and O–H groups in total. The van der Waals surface area contributed by atoms with Crippen LogP contribution in [0.25, 0.3) is 0 Å². The molecule has 0 aliphatic heterocycles. The molecule has 0 aliphatic carbocycles. The van der Waals surface area contributed by atoms with Crippen molar-refractivity contribution in [1.82, 2.24) is 0 Å². The van der Waals surface area contributed by atoms with Gasteiger partial charge in [-0.25, -0.2) is 0 Å². The maximum atomic E-state index is 13.2. The lowest BCUT2D eigenvalue weighted by Gasteiger charge is -2.10. The summed E-state index contributed by atoms with van der Waals surface area (Å²) < 4.78 is 5.35. The Labute approximate surface area is 170 Å². The lowest BCUT2D eigenvalue weighted by Crippen LogP contribution is -2.18. The monoisotopic (exact) mass is 389 g/mol. The molecular weight excluding hydrogens is 366 g/mol. The summed E-state index contributed by atoms with van der Waals surface area (Å²) in [7, 11) is 0. The van der Waals surface area contributed by atoms with Crippen molar-refractivity contribution in [3.8, 4) is 0 Å². The van der Waals surface area contributed by atoms with Crippen LogP contribution < -0.4 is 0 Å². The van der Waals surface area contributed by atoms with E-state index in [1.165, 1.54) is 4.90 Å². The van der Waals surface area contributed by atoms with Gasteiger partial charge in [0, 0.05) is 27.5 Å². The second kappa shape index (κ2) is 10.0. The van der Waals surface area contributed by atoms with Gasteiger partial charge in [-0.3, -0.25) is 9.79 Å². The second-order valence-electron chi connectivity index (χ2n) is 6.21. The third-order valence-corrected chi connectivity index (χ3v) is 5.24. The number of ether oxygens (including phenoxy) is 1. The molecule has 0 bridgehead atoms. The van der Waals surface area contributed by atoms with E-state index in [4.69, 9.17) is 4.74 Å². The first-order chi connectivity index (χ1) is 13.7. The number of hydrogen-bond acceptors (Lipinski definition) is 4. The molecule has 0 amide bonds. The van der Waals surface area contributed by atoms with Crippen LogP contribution in [0.1, 0.15) is 28.4 Å². The van der Waals surface area contributed by atoms with Gasteiger partial charge in [0.25, 0.3) is 0 Å². The molecule has 0 spiro atoms. The number of ketones is 1. The minimum Gasteiger partial charge on any atom is -0.360 e. The van der Waals surface area contributed by atoms with E-state index in [2.05, 4.69) is 17.1 Å². The van der Waals surface area contributed by atoms with Crippen molar-refractivity contribution in [3.63, 3.8) is 0 Å². The van der Waals surface area contributed by atoms with Crippen molar-refractivity contribution >= 4 is 23.3 Å². The molecule has 0 heterocycles. The predicted octanol–water partition coefficient (Wildman–Crippen LogP) is 5.81. The van der Waals surface area contributed by atoms with E-state index in [0.29, 0.717) is 17.9 Å². The number of Topliss-reactive ketones (excluding diaryl/α,β-unsaturated/α-hetero) is 1. The highest BCUT2D eigenvalue weighted by atomic mass is 32.2. The van der Waals surface area contributed by atoms with Crippen molar-refractivity contribution in [2.75, 3.05) is 13.3 Å². The first kappa shape index (κ1) is 20.1. The highest BCUT2D eigenvalue weighted by Gasteiger charge is 2.18. The summed E-state index contributed by atoms with van der Waals surface area (Å²) in [4.78, 5) is 19.9. The number of nitrogens with zero attached hydrogens (tertiary/aromatic N) is 1. The lowest BCUT2D eigenvalue weighted by molar-refractivity contribution is 0.106. The number of carbonyl (C=O) groups is 1. The van der Waals surface area contributed by atoms with Crippen LogP contribution >= 0.6 is 11.8 Å². The van der Waals surface area contributed by atoms with Crippen LogP contribution in [-0.4, -0.2) is 24.8 Å². The predicted molar refractivity (Wildman–Crippen MR) is 116 cm³/mol. The molecule has 3 nitrogen and oxygen atoms in total. The Kier molecular flexibility index (Phi) is 7.18. The van der Waals surface area contributed by atoms with Crippen molar-refractivity contribution in [1.29, 1.82) is 0 Å². The van der Waals surface area contributed by atoms with Crippen molar-refractivity contribution in [2.24, 2.45) is 4.99 Å². The Balaban J connectivity index is 1.84. The molecule has 28 heavy (non-hydrogen) atoms. The average molecular weight is 390 g/mol. The van der Waals surface area contributed by atoms with Crippen molar-refractivity contribution in [3.05, 3.63) is 95.6 Å². The summed E-state index contributed by atoms with van der Waals surface area (Å²) in [6, 6.07) is 25.6. The summed E-state index contributed by atoms with van der Waals surface area (Å²) in [5.74, 6) is -0.0923. The van der Waals surface area contributed by atoms with Crippen LogP contribution in [0.5, 0.6) is 0 Å². The molecule has 0 saturated heterocycles. The molecule has 4 heteroatoms. The average Bonchev–Trinajstić information content (AvgIpc) is 2.73. The van der Waals surface area contributed by atoms with Crippen molar-refractivity contribution < 1.29 is 9.53 Å². The number of aliphatic imine (C=N–C) groups is 1. The number of aryl methyl sites for hydroxylation is 1. The van der Waals surface area contributed by atoms with Gasteiger partial charge in [0.1, 0.15) is 12.4 Å². The van der Waals surface area contributed by atoms with Gasteiger partial charge in [-0.15, -0.1) is 0 Å². The van der Waals surface area contributed by atoms with E-state index >= 15 is 0 Å². The third kappa shape index (κ3) is 5.18. The van der Waals surface area contributed by atoms with E-state index in [1.54, 1.807) is 11.8 Å². The van der Waals surface area contributed by atoms with Gasteiger partial charge >= 0.3 is 0 Å². The molecule has 3 aromatic carbocycles. The first-order valence-corrected chi connectivity index (χ1v) is 10.1. The largest absolute Gasteiger partial charge is 0.360 e. The van der Waals surface area contributed by atoms with E-state index in [9.17, 15) is 4.79 Å². The van der Waals surface area contributed by atoms with Gasteiger partial charge in [-0.2, -0.15) is 0 Å². The molecule has 0 atom stereocenters. The smallest absolute Gasteiger partial charge is 0.211 e. The van der Waals surface area contributed by atoms with Crippen LogP contribution in [0, 0.1) is 6.92 Å². The molecule has 3 rings (SSSR count). The van der Waals surface area contributed by atoms with Crippen LogP contribution in [0.4, 0.5) is 0 Å². The maximum Gasteiger partial charge on any atom is 0.211 e. The molecular formula is C24H23NO2S. The fourth-order valence-corrected chi connectivity index (χ4v) is 3.59. The molecule has 3 aromatic rings. The van der Waals surface area contributed by atoms with Crippen LogP contribution in [0.2, 0.25) is 0 Å². The summed E-state index contributed by atoms with van der Waals surface area (Å²) in [6.07, 6.45) is 0. The Morgan fingerprint density at radius 3 is 2.21 bits per heavy atom. The molecule has 0 aromatic heterocycles. The number of carbonyl (C=O) groups excluding carboxylic acids is 1. The van der Waals surface area contributed by atoms with Gasteiger partial charge in [-0.1, -0.05) is 54.2 Å². The highest BCUT2D eigenvalue weighted by molar-refractivity contribution is 7.99. The number of rotatable bonds is 8. The summed E-state index contributed by atoms with van der Waals surface area (Å²) in [5, 5.41) is 0. The van der Waals surface area contributed by atoms with E-state index in [1.807, 2.05) is 80.6 Å². The highest BCUT2D eigenvalue weighted by Crippen LogP contribution is 2.27. The second-order valence-corrected chi connectivity index (χ2v) is 7.36. The zero-order chi connectivity index (χ0) is 19.8. The fourth-order valence-electron chi connectivity index (χ4n) is 2.76. The summed E-state index contributed by atoms with van der Waals surface area (Å²) in [6.45, 7) is 4.63. The van der Waals surface area contributed by atoms with Gasteiger partial charge in [0.15, 0.2) is 0 Å². The quantitative estimate of drug-likeness (QED) is 0.277. The van der Waals surface area contributed by atoms with Gasteiger partial charge in [-0.05, 0) is 55.8 Å². The summed E-state index contributed by atoms with van der Waals surface area (Å²) in [5.41, 5.74) is 2.92. The van der Waals surface area contributed by atoms with Crippen LogP contribution in [0.15, 0.2) is 93.6 Å². The minimum atomic E-state index is -0.0923. The number of benzene rings is 3. The van der Waals surface area contributed by atoms with E-state index < -0.39 is 0 Å². The number of hydrogen-bond donors (Lipinski definition) is 0. The van der Waals surface area contributed by atoms with E-state index in [-0.39, 0.29) is 12.5 Å². The SMILES string of the molecule is CCOCN=C(C(=O)c1ccc(Sc2ccccc2)cc1)c1ccccc1C. The van der Waals surface area contributed by atoms with Gasteiger partial charge in [0.05, 0.1) is 0 Å². The lowest BCUT2D eigenvalue weighted by atomic mass is 9.97. The first-order valence-electron chi connectivity index (χ1n) is 9.25. The maximum absolute atomic E-state index is 13.2. The fraction of sp³-hybridized carbons (Fsp3) is 0.167. The molecule has 0 fully saturated rings. The zero-order valence-electron chi connectivity index (χ0n) is 16.1. The summed E-state index contributed by atoms with van der Waals surface area (Å²) >= 11 is 1.67. The zero-order valence-corrected chi connectivity index (χ0v) is 16.9. The van der Waals surface area contributed by atoms with Crippen LogP contribution in [0.3, 0.4) is 0 Å². The Bertz CT molecular complexity index is 950. The van der Waals surface area contributed by atoms with Gasteiger partial charge in [0.2, 0.25) is 5.78 Å². The molecule has 0 unspecified atom stereocenters. The molecule has 142 valence electrons. The Morgan fingerprint density at radius 2 is 1.54 bits per heavy atom. The molecule has 0 aliphatic rings. The molecule has 0 saturated carbocycles.